The van der Waals surface area contributed by atoms with Crippen LogP contribution in [0.1, 0.15) is 18.4 Å². The van der Waals surface area contributed by atoms with Crippen LogP contribution in [-0.4, -0.2) is 36.7 Å². The van der Waals surface area contributed by atoms with Crippen LogP contribution in [-0.2, 0) is 9.84 Å². The molecule has 3 atom stereocenters. The van der Waals surface area contributed by atoms with Gasteiger partial charge < -0.3 is 10.8 Å². The molecule has 1 aromatic rings. The summed E-state index contributed by atoms with van der Waals surface area (Å²) in [7, 11) is -3.33. The number of aliphatic hydroxyl groups excluding tert-OH is 1. The maximum absolute atomic E-state index is 12.8. The van der Waals surface area contributed by atoms with E-state index in [9.17, 15) is 17.9 Å². The Labute approximate surface area is 106 Å². The van der Waals surface area contributed by atoms with Crippen molar-refractivity contribution in [2.45, 2.75) is 23.6 Å². The molecule has 0 radical (unpaired) electrons. The monoisotopic (exact) mass is 273 g/mol. The molecule has 3 N–H and O–H groups in total. The first kappa shape index (κ1) is 13.5. The standard InChI is InChI=1S/C12H16FNO3S/c1-2-18(16,17)11-10(12(11,14)7-15)8-3-5-9(13)6-4-8/h3-6,10-11,15H,2,7,14H2,1H3/t10-,11-,12+/m1/s1. The summed E-state index contributed by atoms with van der Waals surface area (Å²) < 4.78 is 36.7. The van der Waals surface area contributed by atoms with E-state index in [1.165, 1.54) is 24.3 Å². The Hall–Kier alpha value is -0.980. The number of nitrogens with two attached hydrogens (primary N) is 1. The first-order valence-corrected chi connectivity index (χ1v) is 7.45. The molecule has 4 nitrogen and oxygen atoms in total. The van der Waals surface area contributed by atoms with Gasteiger partial charge in [-0.3, -0.25) is 0 Å². The number of sulfone groups is 1. The first-order valence-electron chi connectivity index (χ1n) is 5.73. The molecular weight excluding hydrogens is 257 g/mol. The van der Waals surface area contributed by atoms with E-state index < -0.39 is 33.2 Å². The van der Waals surface area contributed by atoms with Crippen LogP contribution in [0.3, 0.4) is 0 Å². The van der Waals surface area contributed by atoms with Gasteiger partial charge in [0.25, 0.3) is 0 Å². The third kappa shape index (κ3) is 1.94. The predicted molar refractivity (Wildman–Crippen MR) is 66.4 cm³/mol. The third-order valence-electron chi connectivity index (χ3n) is 3.59. The molecule has 0 unspecified atom stereocenters. The van der Waals surface area contributed by atoms with Gasteiger partial charge >= 0.3 is 0 Å². The maximum atomic E-state index is 12.8. The van der Waals surface area contributed by atoms with Gasteiger partial charge in [-0.25, -0.2) is 12.8 Å². The smallest absolute Gasteiger partial charge is 0.155 e. The number of hydrogen-bond donors (Lipinski definition) is 2. The normalized spacial score (nSPS) is 31.3. The van der Waals surface area contributed by atoms with Crippen LogP contribution in [0.25, 0.3) is 0 Å². The van der Waals surface area contributed by atoms with Gasteiger partial charge in [-0.2, -0.15) is 0 Å². The van der Waals surface area contributed by atoms with Gasteiger partial charge in [-0.05, 0) is 17.7 Å². The van der Waals surface area contributed by atoms with Gasteiger partial charge in [-0.15, -0.1) is 0 Å². The van der Waals surface area contributed by atoms with Crippen molar-refractivity contribution in [2.24, 2.45) is 5.73 Å². The zero-order chi connectivity index (χ0) is 13.6. The molecule has 0 amide bonds. The highest BCUT2D eigenvalue weighted by Crippen LogP contribution is 2.53. The fraction of sp³-hybridized carbons (Fsp3) is 0.500. The van der Waals surface area contributed by atoms with Crippen molar-refractivity contribution in [3.8, 4) is 0 Å². The molecule has 0 saturated heterocycles. The third-order valence-corrected chi connectivity index (χ3v) is 5.88. The summed E-state index contributed by atoms with van der Waals surface area (Å²) in [6.45, 7) is 1.14. The Morgan fingerprint density at radius 1 is 1.39 bits per heavy atom. The van der Waals surface area contributed by atoms with E-state index in [4.69, 9.17) is 5.73 Å². The highest BCUT2D eigenvalue weighted by Gasteiger charge is 2.68. The van der Waals surface area contributed by atoms with Gasteiger partial charge in [0, 0.05) is 11.7 Å². The molecule has 1 saturated carbocycles. The number of rotatable bonds is 4. The molecule has 1 fully saturated rings. The fourth-order valence-corrected chi connectivity index (χ4v) is 4.48. The summed E-state index contributed by atoms with van der Waals surface area (Å²) in [5.74, 6) is -0.872. The second-order valence-corrected chi connectivity index (χ2v) is 7.08. The molecule has 0 spiro atoms. The molecule has 1 aliphatic rings. The molecule has 1 aromatic carbocycles. The van der Waals surface area contributed by atoms with Crippen molar-refractivity contribution in [1.82, 2.24) is 0 Å². The average Bonchev–Trinajstić information content (AvgIpc) is 2.98. The van der Waals surface area contributed by atoms with Crippen molar-refractivity contribution >= 4 is 9.84 Å². The first-order chi connectivity index (χ1) is 8.36. The van der Waals surface area contributed by atoms with Crippen LogP contribution in [0.4, 0.5) is 4.39 Å². The van der Waals surface area contributed by atoms with Gasteiger partial charge in [-0.1, -0.05) is 19.1 Å². The van der Waals surface area contributed by atoms with E-state index >= 15 is 0 Å². The molecule has 100 valence electrons. The van der Waals surface area contributed by atoms with Crippen LogP contribution in [0, 0.1) is 5.82 Å². The van der Waals surface area contributed by atoms with Crippen LogP contribution in [0.15, 0.2) is 24.3 Å². The highest BCUT2D eigenvalue weighted by atomic mass is 32.2. The number of benzene rings is 1. The number of halogens is 1. The van der Waals surface area contributed by atoms with E-state index in [1.807, 2.05) is 0 Å². The average molecular weight is 273 g/mol. The van der Waals surface area contributed by atoms with Gasteiger partial charge in [0.2, 0.25) is 0 Å². The molecular formula is C12H16FNO3S. The van der Waals surface area contributed by atoms with Crippen molar-refractivity contribution in [1.29, 1.82) is 0 Å². The molecule has 18 heavy (non-hydrogen) atoms. The van der Waals surface area contributed by atoms with Gasteiger partial charge in [0.1, 0.15) is 5.82 Å². The summed E-state index contributed by atoms with van der Waals surface area (Å²) in [4.78, 5) is 0. The van der Waals surface area contributed by atoms with Crippen molar-refractivity contribution in [3.05, 3.63) is 35.6 Å². The Bertz CT molecular complexity index is 543. The summed E-state index contributed by atoms with van der Waals surface area (Å²) in [6.07, 6.45) is 0. The van der Waals surface area contributed by atoms with E-state index in [0.29, 0.717) is 5.56 Å². The lowest BCUT2D eigenvalue weighted by molar-refractivity contribution is 0.253. The van der Waals surface area contributed by atoms with Gasteiger partial charge in [0.05, 0.1) is 17.4 Å². The molecule has 2 rings (SSSR count). The fourth-order valence-electron chi connectivity index (χ4n) is 2.49. The van der Waals surface area contributed by atoms with Crippen molar-refractivity contribution in [3.63, 3.8) is 0 Å². The molecule has 0 aromatic heterocycles. The van der Waals surface area contributed by atoms with Crippen molar-refractivity contribution < 1.29 is 17.9 Å². The zero-order valence-corrected chi connectivity index (χ0v) is 10.8. The molecule has 6 heteroatoms. The lowest BCUT2D eigenvalue weighted by Gasteiger charge is -2.07. The quantitative estimate of drug-likeness (QED) is 0.833. The predicted octanol–water partition coefficient (Wildman–Crippen LogP) is 0.416. The summed E-state index contributed by atoms with van der Waals surface area (Å²) in [6, 6.07) is 5.56. The van der Waals surface area contributed by atoms with Crippen molar-refractivity contribution in [2.75, 3.05) is 12.4 Å². The topological polar surface area (TPSA) is 80.4 Å². The van der Waals surface area contributed by atoms with Crippen LogP contribution in [0.2, 0.25) is 0 Å². The van der Waals surface area contributed by atoms with Crippen LogP contribution >= 0.6 is 0 Å². The SMILES string of the molecule is CCS(=O)(=O)[C@@H]1[C@@H](c2ccc(F)cc2)[C@@]1(N)CO. The highest BCUT2D eigenvalue weighted by molar-refractivity contribution is 7.92. The Morgan fingerprint density at radius 2 is 1.94 bits per heavy atom. The van der Waals surface area contributed by atoms with E-state index in [-0.39, 0.29) is 11.6 Å². The Morgan fingerprint density at radius 3 is 2.39 bits per heavy atom. The second-order valence-electron chi connectivity index (χ2n) is 4.67. The van der Waals surface area contributed by atoms with E-state index in [1.54, 1.807) is 6.92 Å². The summed E-state index contributed by atoms with van der Waals surface area (Å²) >= 11 is 0. The Kier molecular flexibility index (Phi) is 3.21. The molecule has 0 aliphatic heterocycles. The summed E-state index contributed by atoms with van der Waals surface area (Å²) in [5.41, 5.74) is 5.45. The largest absolute Gasteiger partial charge is 0.394 e. The summed E-state index contributed by atoms with van der Waals surface area (Å²) in [5, 5.41) is 8.53. The maximum Gasteiger partial charge on any atom is 0.155 e. The van der Waals surface area contributed by atoms with Gasteiger partial charge in [0.15, 0.2) is 9.84 Å². The molecule has 0 heterocycles. The number of hydrogen-bond acceptors (Lipinski definition) is 4. The minimum absolute atomic E-state index is 0.0195. The Balaban J connectivity index is 2.37. The second kappa shape index (κ2) is 4.29. The lowest BCUT2D eigenvalue weighted by Crippen LogP contribution is -2.35. The van der Waals surface area contributed by atoms with E-state index in [2.05, 4.69) is 0 Å². The van der Waals surface area contributed by atoms with Crippen LogP contribution in [0.5, 0.6) is 0 Å². The zero-order valence-electron chi connectivity index (χ0n) is 10.0. The minimum atomic E-state index is -3.33. The minimum Gasteiger partial charge on any atom is -0.394 e. The van der Waals surface area contributed by atoms with Crippen LogP contribution < -0.4 is 5.73 Å². The lowest BCUT2D eigenvalue weighted by atomic mass is 10.1. The molecule has 1 aliphatic carbocycles. The number of aliphatic hydroxyl groups is 1. The van der Waals surface area contributed by atoms with E-state index in [0.717, 1.165) is 0 Å². The molecule has 0 bridgehead atoms.